The number of nitrogens with one attached hydrogen (secondary N) is 3. The van der Waals surface area contributed by atoms with E-state index in [0.29, 0.717) is 11.4 Å². The third-order valence-corrected chi connectivity index (χ3v) is 4.38. The van der Waals surface area contributed by atoms with E-state index in [9.17, 15) is 13.2 Å². The molecule has 0 spiro atoms. The highest BCUT2D eigenvalue weighted by Crippen LogP contribution is 2.34. The van der Waals surface area contributed by atoms with E-state index in [1.807, 2.05) is 44.2 Å². The number of hydrogen-bond donors (Lipinski definition) is 3. The van der Waals surface area contributed by atoms with Crippen LogP contribution in [0, 0.1) is 0 Å². The predicted molar refractivity (Wildman–Crippen MR) is 106 cm³/mol. The fraction of sp³-hybridized carbons (Fsp3) is 0.286. The van der Waals surface area contributed by atoms with Crippen LogP contribution in [0.1, 0.15) is 36.7 Å². The number of halogens is 3. The maximum Gasteiger partial charge on any atom is 0.416 e. The van der Waals surface area contributed by atoms with Crippen LogP contribution in [-0.2, 0) is 6.18 Å². The molecule has 4 nitrogen and oxygen atoms in total. The van der Waals surface area contributed by atoms with Crippen molar-refractivity contribution in [3.05, 3.63) is 77.0 Å². The smallest absolute Gasteiger partial charge is 0.359 e. The van der Waals surface area contributed by atoms with Crippen molar-refractivity contribution in [1.29, 1.82) is 0 Å². The normalized spacial score (nSPS) is 16.8. The summed E-state index contributed by atoms with van der Waals surface area (Å²) < 4.78 is 39.3. The molecular weight excluding hydrogens is 365 g/mol. The first kappa shape index (κ1) is 19.9. The Kier molecular flexibility index (Phi) is 6.04. The van der Waals surface area contributed by atoms with E-state index in [4.69, 9.17) is 0 Å². The van der Waals surface area contributed by atoms with Crippen molar-refractivity contribution >= 4 is 11.5 Å². The molecule has 28 heavy (non-hydrogen) atoms. The standard InChI is InChI=1S/C21H23F3N4/c1-3-25-12-11-14(2)26-20-17-9-4-5-10-18(17)27-19(28-20)15-7-6-8-16(13-15)21(22,23)24/h4-11,13,19,25,27H,3,12H2,1-2H3,(H,26,28)/b14-11+. The average Bonchev–Trinajstić information content (AvgIpc) is 2.67. The Bertz CT molecular complexity index is 887. The lowest BCUT2D eigenvalue weighted by atomic mass is 10.0. The van der Waals surface area contributed by atoms with E-state index < -0.39 is 17.9 Å². The molecule has 0 saturated heterocycles. The lowest BCUT2D eigenvalue weighted by Crippen LogP contribution is -2.30. The topological polar surface area (TPSA) is 48.5 Å². The first-order valence-corrected chi connectivity index (χ1v) is 9.14. The van der Waals surface area contributed by atoms with Crippen LogP contribution in [-0.4, -0.2) is 18.9 Å². The summed E-state index contributed by atoms with van der Waals surface area (Å²) in [5.41, 5.74) is 2.39. The fourth-order valence-electron chi connectivity index (χ4n) is 2.94. The molecule has 1 atom stereocenters. The summed E-state index contributed by atoms with van der Waals surface area (Å²) >= 11 is 0. The predicted octanol–water partition coefficient (Wildman–Crippen LogP) is 4.68. The summed E-state index contributed by atoms with van der Waals surface area (Å²) in [7, 11) is 0. The molecule has 1 unspecified atom stereocenters. The van der Waals surface area contributed by atoms with Crippen molar-refractivity contribution < 1.29 is 13.2 Å². The number of amidine groups is 1. The number of anilines is 1. The second kappa shape index (κ2) is 8.48. The Balaban J connectivity index is 1.93. The molecule has 0 saturated carbocycles. The SMILES string of the molecule is CCNC/C=C(\C)NC1=NC(c2cccc(C(F)(F)F)c2)Nc2ccccc21. The van der Waals surface area contributed by atoms with Gasteiger partial charge in [0.1, 0.15) is 12.0 Å². The van der Waals surface area contributed by atoms with Gasteiger partial charge >= 0.3 is 6.18 Å². The zero-order valence-electron chi connectivity index (χ0n) is 15.8. The zero-order valence-corrected chi connectivity index (χ0v) is 15.8. The molecule has 7 heteroatoms. The molecule has 1 heterocycles. The molecule has 3 N–H and O–H groups in total. The van der Waals surface area contributed by atoms with Crippen LogP contribution in [0.2, 0.25) is 0 Å². The van der Waals surface area contributed by atoms with E-state index in [1.54, 1.807) is 6.07 Å². The summed E-state index contributed by atoms with van der Waals surface area (Å²) in [4.78, 5) is 4.65. The number of fused-ring (bicyclic) bond motifs is 1. The maximum absolute atomic E-state index is 13.1. The monoisotopic (exact) mass is 388 g/mol. The first-order valence-electron chi connectivity index (χ1n) is 9.14. The van der Waals surface area contributed by atoms with E-state index in [2.05, 4.69) is 20.9 Å². The molecule has 0 amide bonds. The number of hydrogen-bond acceptors (Lipinski definition) is 4. The number of benzene rings is 2. The third kappa shape index (κ3) is 4.72. The molecular formula is C21H23F3N4. The van der Waals surface area contributed by atoms with Crippen molar-refractivity contribution in [3.8, 4) is 0 Å². The summed E-state index contributed by atoms with van der Waals surface area (Å²) in [5, 5.41) is 9.72. The van der Waals surface area contributed by atoms with Gasteiger partial charge in [-0.15, -0.1) is 0 Å². The fourth-order valence-corrected chi connectivity index (χ4v) is 2.94. The molecule has 0 fully saturated rings. The van der Waals surface area contributed by atoms with Gasteiger partial charge in [0.15, 0.2) is 0 Å². The third-order valence-electron chi connectivity index (χ3n) is 4.38. The van der Waals surface area contributed by atoms with Gasteiger partial charge in [-0.25, -0.2) is 4.99 Å². The summed E-state index contributed by atoms with van der Waals surface area (Å²) in [6.45, 7) is 5.56. The summed E-state index contributed by atoms with van der Waals surface area (Å²) in [6, 6.07) is 12.9. The number of likely N-dealkylation sites (N-methyl/N-ethyl adjacent to an activating group) is 1. The van der Waals surface area contributed by atoms with Crippen LogP contribution in [0.4, 0.5) is 18.9 Å². The van der Waals surface area contributed by atoms with E-state index in [0.717, 1.165) is 42.2 Å². The molecule has 2 aromatic carbocycles. The van der Waals surface area contributed by atoms with Crippen molar-refractivity contribution in [2.24, 2.45) is 4.99 Å². The van der Waals surface area contributed by atoms with Crippen LogP contribution in [0.5, 0.6) is 0 Å². The highest BCUT2D eigenvalue weighted by Gasteiger charge is 2.31. The molecule has 3 rings (SSSR count). The number of allylic oxidation sites excluding steroid dienone is 1. The van der Waals surface area contributed by atoms with Crippen molar-refractivity contribution in [1.82, 2.24) is 10.6 Å². The number of aliphatic imine (C=N–C) groups is 1. The second-order valence-electron chi connectivity index (χ2n) is 6.51. The van der Waals surface area contributed by atoms with Gasteiger partial charge in [-0.1, -0.05) is 37.3 Å². The summed E-state index contributed by atoms with van der Waals surface area (Å²) in [6.07, 6.45) is -2.99. The summed E-state index contributed by atoms with van der Waals surface area (Å²) in [5.74, 6) is 0.627. The van der Waals surface area contributed by atoms with Gasteiger partial charge in [0.25, 0.3) is 0 Å². The van der Waals surface area contributed by atoms with Crippen molar-refractivity contribution in [3.63, 3.8) is 0 Å². The van der Waals surface area contributed by atoms with Gasteiger partial charge in [-0.2, -0.15) is 13.2 Å². The van der Waals surface area contributed by atoms with Crippen LogP contribution in [0.3, 0.4) is 0 Å². The van der Waals surface area contributed by atoms with Gasteiger partial charge in [-0.3, -0.25) is 0 Å². The Morgan fingerprint density at radius 2 is 1.96 bits per heavy atom. The average molecular weight is 388 g/mol. The lowest BCUT2D eigenvalue weighted by Gasteiger charge is -2.27. The van der Waals surface area contributed by atoms with Gasteiger partial charge in [0.05, 0.1) is 5.56 Å². The maximum atomic E-state index is 13.1. The number of para-hydroxylation sites is 1. The number of nitrogens with zero attached hydrogens (tertiary/aromatic N) is 1. The van der Waals surface area contributed by atoms with Gasteiger partial charge < -0.3 is 16.0 Å². The molecule has 0 aromatic heterocycles. The molecule has 0 radical (unpaired) electrons. The lowest BCUT2D eigenvalue weighted by molar-refractivity contribution is -0.137. The molecule has 148 valence electrons. The minimum Gasteiger partial charge on any atom is -0.359 e. The molecule has 0 aliphatic carbocycles. The highest BCUT2D eigenvalue weighted by molar-refractivity contribution is 6.05. The van der Waals surface area contributed by atoms with Crippen LogP contribution < -0.4 is 16.0 Å². The van der Waals surface area contributed by atoms with Crippen molar-refractivity contribution in [2.45, 2.75) is 26.2 Å². The van der Waals surface area contributed by atoms with E-state index >= 15 is 0 Å². The quantitative estimate of drug-likeness (QED) is 0.652. The Labute approximate surface area is 162 Å². The first-order chi connectivity index (χ1) is 13.4. The Hall–Kier alpha value is -2.80. The minimum atomic E-state index is -4.39. The molecule has 1 aliphatic rings. The molecule has 0 bridgehead atoms. The molecule has 2 aromatic rings. The second-order valence-corrected chi connectivity index (χ2v) is 6.51. The Morgan fingerprint density at radius 1 is 1.18 bits per heavy atom. The van der Waals surface area contributed by atoms with E-state index in [-0.39, 0.29) is 0 Å². The van der Waals surface area contributed by atoms with Gasteiger partial charge in [0.2, 0.25) is 0 Å². The largest absolute Gasteiger partial charge is 0.416 e. The minimum absolute atomic E-state index is 0.456. The number of rotatable bonds is 5. The number of alkyl halides is 3. The van der Waals surface area contributed by atoms with Crippen LogP contribution in [0.25, 0.3) is 0 Å². The van der Waals surface area contributed by atoms with Crippen molar-refractivity contribution in [2.75, 3.05) is 18.4 Å². The van der Waals surface area contributed by atoms with Gasteiger partial charge in [-0.05, 0) is 43.3 Å². The zero-order chi connectivity index (χ0) is 20.1. The van der Waals surface area contributed by atoms with Crippen LogP contribution >= 0.6 is 0 Å². The van der Waals surface area contributed by atoms with Crippen LogP contribution in [0.15, 0.2) is 65.3 Å². The highest BCUT2D eigenvalue weighted by atomic mass is 19.4. The van der Waals surface area contributed by atoms with E-state index in [1.165, 1.54) is 6.07 Å². The van der Waals surface area contributed by atoms with Gasteiger partial charge in [0, 0.05) is 23.5 Å². The Morgan fingerprint density at radius 3 is 2.71 bits per heavy atom. The molecule has 1 aliphatic heterocycles.